The summed E-state index contributed by atoms with van der Waals surface area (Å²) in [5.41, 5.74) is 7.60. The molecular weight excluding hydrogens is 354 g/mol. The second-order valence-electron chi connectivity index (χ2n) is 4.29. The number of anilines is 1. The third-order valence-corrected chi connectivity index (χ3v) is 3.62. The Morgan fingerprint density at radius 3 is 2.86 bits per heavy atom. The largest absolute Gasteiger partial charge is 0.497 e. The van der Waals surface area contributed by atoms with Crippen LogP contribution in [0.15, 0.2) is 51.9 Å². The molecule has 3 N–H and O–H groups in total. The molecule has 0 radical (unpaired) electrons. The van der Waals surface area contributed by atoms with Crippen LogP contribution in [0.5, 0.6) is 5.75 Å². The lowest BCUT2D eigenvalue weighted by molar-refractivity contribution is 0.415. The van der Waals surface area contributed by atoms with E-state index in [2.05, 4.69) is 26.2 Å². The summed E-state index contributed by atoms with van der Waals surface area (Å²) in [5.74, 6) is 1.07. The summed E-state index contributed by atoms with van der Waals surface area (Å²) in [6.45, 7) is 0.412. The van der Waals surface area contributed by atoms with Gasteiger partial charge in [0.25, 0.3) is 0 Å². The SMILES string of the molecule is COc1cccc(NC(N)=NCc2ccc(Br)cc2Cl)c1. The molecule has 0 saturated heterocycles. The van der Waals surface area contributed by atoms with Crippen molar-refractivity contribution in [2.75, 3.05) is 12.4 Å². The fourth-order valence-corrected chi connectivity index (χ4v) is 2.44. The second-order valence-corrected chi connectivity index (χ2v) is 5.62. The third-order valence-electron chi connectivity index (χ3n) is 2.78. The Hall–Kier alpha value is -1.72. The first-order valence-corrected chi connectivity index (χ1v) is 7.40. The number of benzene rings is 2. The molecule has 0 saturated carbocycles. The first kappa shape index (κ1) is 15.7. The van der Waals surface area contributed by atoms with Crippen molar-refractivity contribution in [2.24, 2.45) is 10.7 Å². The first-order chi connectivity index (χ1) is 10.1. The molecule has 21 heavy (non-hydrogen) atoms. The van der Waals surface area contributed by atoms with Crippen LogP contribution in [0.1, 0.15) is 5.56 Å². The quantitative estimate of drug-likeness (QED) is 0.632. The van der Waals surface area contributed by atoms with E-state index >= 15 is 0 Å². The van der Waals surface area contributed by atoms with Crippen LogP contribution in [-0.2, 0) is 6.54 Å². The lowest BCUT2D eigenvalue weighted by Gasteiger charge is -2.08. The molecule has 0 bridgehead atoms. The summed E-state index contributed by atoms with van der Waals surface area (Å²) < 4.78 is 6.08. The summed E-state index contributed by atoms with van der Waals surface area (Å²) in [6.07, 6.45) is 0. The van der Waals surface area contributed by atoms with E-state index in [4.69, 9.17) is 22.1 Å². The van der Waals surface area contributed by atoms with E-state index in [9.17, 15) is 0 Å². The zero-order chi connectivity index (χ0) is 15.2. The fraction of sp³-hybridized carbons (Fsp3) is 0.133. The summed E-state index contributed by atoms with van der Waals surface area (Å²) in [5, 5.41) is 3.67. The summed E-state index contributed by atoms with van der Waals surface area (Å²) in [6, 6.07) is 13.1. The van der Waals surface area contributed by atoms with Crippen molar-refractivity contribution in [3.05, 3.63) is 57.5 Å². The normalized spacial score (nSPS) is 11.3. The third kappa shape index (κ3) is 4.65. The van der Waals surface area contributed by atoms with E-state index in [0.29, 0.717) is 17.5 Å². The molecule has 0 spiro atoms. The van der Waals surface area contributed by atoms with Gasteiger partial charge in [0.1, 0.15) is 5.75 Å². The first-order valence-electron chi connectivity index (χ1n) is 6.23. The molecule has 2 rings (SSSR count). The number of rotatable bonds is 4. The van der Waals surface area contributed by atoms with Crippen molar-refractivity contribution < 1.29 is 4.74 Å². The van der Waals surface area contributed by atoms with E-state index < -0.39 is 0 Å². The number of hydrogen-bond acceptors (Lipinski definition) is 2. The lowest BCUT2D eigenvalue weighted by Crippen LogP contribution is -2.22. The number of guanidine groups is 1. The molecule has 0 unspecified atom stereocenters. The van der Waals surface area contributed by atoms with Gasteiger partial charge in [0.2, 0.25) is 0 Å². The fourth-order valence-electron chi connectivity index (χ4n) is 1.71. The van der Waals surface area contributed by atoms with Crippen LogP contribution in [0, 0.1) is 0 Å². The van der Waals surface area contributed by atoms with Gasteiger partial charge in [0, 0.05) is 21.2 Å². The minimum Gasteiger partial charge on any atom is -0.497 e. The number of methoxy groups -OCH3 is 1. The highest BCUT2D eigenvalue weighted by Gasteiger charge is 2.01. The minimum absolute atomic E-state index is 0.322. The molecule has 110 valence electrons. The van der Waals surface area contributed by atoms with Crippen molar-refractivity contribution in [1.29, 1.82) is 0 Å². The van der Waals surface area contributed by atoms with Crippen molar-refractivity contribution in [1.82, 2.24) is 0 Å². The van der Waals surface area contributed by atoms with Crippen LogP contribution < -0.4 is 15.8 Å². The van der Waals surface area contributed by atoms with E-state index in [-0.39, 0.29) is 0 Å². The monoisotopic (exact) mass is 367 g/mol. The zero-order valence-electron chi connectivity index (χ0n) is 11.4. The lowest BCUT2D eigenvalue weighted by atomic mass is 10.2. The topological polar surface area (TPSA) is 59.6 Å². The van der Waals surface area contributed by atoms with E-state index in [1.165, 1.54) is 0 Å². The van der Waals surface area contributed by atoms with Crippen LogP contribution in [0.3, 0.4) is 0 Å². The molecule has 2 aromatic carbocycles. The van der Waals surface area contributed by atoms with Gasteiger partial charge in [0.15, 0.2) is 5.96 Å². The Morgan fingerprint density at radius 1 is 1.33 bits per heavy atom. The molecule has 0 atom stereocenters. The van der Waals surface area contributed by atoms with Crippen molar-refractivity contribution in [3.63, 3.8) is 0 Å². The Kier molecular flexibility index (Phi) is 5.47. The van der Waals surface area contributed by atoms with E-state index in [1.54, 1.807) is 7.11 Å². The van der Waals surface area contributed by atoms with Crippen LogP contribution in [-0.4, -0.2) is 13.1 Å². The average molecular weight is 369 g/mol. The number of nitrogens with two attached hydrogens (primary N) is 1. The second kappa shape index (κ2) is 7.33. The van der Waals surface area contributed by atoms with Gasteiger partial charge in [-0.3, -0.25) is 0 Å². The molecule has 0 amide bonds. The van der Waals surface area contributed by atoms with Gasteiger partial charge in [-0.1, -0.05) is 39.7 Å². The Bertz CT molecular complexity index is 661. The average Bonchev–Trinajstić information content (AvgIpc) is 2.46. The number of aliphatic imine (C=N–C) groups is 1. The summed E-state index contributed by atoms with van der Waals surface area (Å²) in [4.78, 5) is 4.28. The van der Waals surface area contributed by atoms with Gasteiger partial charge in [-0.15, -0.1) is 0 Å². The van der Waals surface area contributed by atoms with Crippen molar-refractivity contribution >= 4 is 39.2 Å². The number of ether oxygens (including phenoxy) is 1. The highest BCUT2D eigenvalue weighted by Crippen LogP contribution is 2.22. The maximum atomic E-state index is 6.14. The maximum absolute atomic E-state index is 6.14. The number of nitrogens with one attached hydrogen (secondary N) is 1. The Balaban J connectivity index is 2.03. The van der Waals surface area contributed by atoms with Crippen LogP contribution in [0.4, 0.5) is 5.69 Å². The van der Waals surface area contributed by atoms with Gasteiger partial charge in [-0.05, 0) is 29.8 Å². The van der Waals surface area contributed by atoms with Crippen LogP contribution in [0.25, 0.3) is 0 Å². The molecule has 6 heteroatoms. The molecule has 0 aliphatic rings. The highest BCUT2D eigenvalue weighted by molar-refractivity contribution is 9.10. The molecule has 0 aromatic heterocycles. The minimum atomic E-state index is 0.322. The smallest absolute Gasteiger partial charge is 0.193 e. The van der Waals surface area contributed by atoms with Crippen LogP contribution in [0.2, 0.25) is 5.02 Å². The maximum Gasteiger partial charge on any atom is 0.193 e. The molecule has 0 aliphatic carbocycles. The predicted molar refractivity (Wildman–Crippen MR) is 91.1 cm³/mol. The van der Waals surface area contributed by atoms with Gasteiger partial charge in [-0.25, -0.2) is 4.99 Å². The number of nitrogens with zero attached hydrogens (tertiary/aromatic N) is 1. The zero-order valence-corrected chi connectivity index (χ0v) is 13.8. The molecule has 2 aromatic rings. The number of halogens is 2. The van der Waals surface area contributed by atoms with Crippen molar-refractivity contribution in [3.8, 4) is 5.75 Å². The summed E-state index contributed by atoms with van der Waals surface area (Å²) in [7, 11) is 1.62. The van der Waals surface area contributed by atoms with Crippen molar-refractivity contribution in [2.45, 2.75) is 6.54 Å². The molecule has 4 nitrogen and oxygen atoms in total. The molecule has 0 fully saturated rings. The van der Waals surface area contributed by atoms with Gasteiger partial charge in [-0.2, -0.15) is 0 Å². The predicted octanol–water partition coefficient (Wildman–Crippen LogP) is 4.04. The molecule has 0 aliphatic heterocycles. The Labute approximate surface area is 137 Å². The van der Waals surface area contributed by atoms with Gasteiger partial charge >= 0.3 is 0 Å². The van der Waals surface area contributed by atoms with Gasteiger partial charge < -0.3 is 15.8 Å². The van der Waals surface area contributed by atoms with E-state index in [1.807, 2.05) is 42.5 Å². The van der Waals surface area contributed by atoms with E-state index in [0.717, 1.165) is 21.5 Å². The summed E-state index contributed by atoms with van der Waals surface area (Å²) >= 11 is 9.50. The molecular formula is C15H15BrClN3O. The number of hydrogen-bond donors (Lipinski definition) is 2. The van der Waals surface area contributed by atoms with Gasteiger partial charge in [0.05, 0.1) is 13.7 Å². The van der Waals surface area contributed by atoms with Crippen LogP contribution >= 0.6 is 27.5 Å². The standard InChI is InChI=1S/C15H15BrClN3O/c1-21-13-4-2-3-12(8-13)20-15(18)19-9-10-5-6-11(16)7-14(10)17/h2-8H,9H2,1H3,(H3,18,19,20). The highest BCUT2D eigenvalue weighted by atomic mass is 79.9. The Morgan fingerprint density at radius 2 is 2.14 bits per heavy atom. The molecule has 0 heterocycles.